The predicted molar refractivity (Wildman–Crippen MR) is 65.7 cm³/mol. The van der Waals surface area contributed by atoms with E-state index < -0.39 is 0 Å². The first-order chi connectivity index (χ1) is 7.63. The Morgan fingerprint density at radius 3 is 2.75 bits per heavy atom. The second kappa shape index (κ2) is 6.84. The Hall–Kier alpha value is -0.640. The molecule has 0 fully saturated rings. The predicted octanol–water partition coefficient (Wildman–Crippen LogP) is 2.73. The highest BCUT2D eigenvalue weighted by Crippen LogP contribution is 2.27. The van der Waals surface area contributed by atoms with Gasteiger partial charge in [-0.2, -0.15) is 0 Å². The van der Waals surface area contributed by atoms with Gasteiger partial charge in [-0.3, -0.25) is 4.79 Å². The van der Waals surface area contributed by atoms with Gasteiger partial charge in [-0.1, -0.05) is 23.2 Å². The van der Waals surface area contributed by atoms with E-state index in [9.17, 15) is 4.79 Å². The molecule has 0 atom stereocenters. The van der Waals surface area contributed by atoms with E-state index in [1.165, 1.54) is 0 Å². The van der Waals surface area contributed by atoms with E-state index in [0.29, 0.717) is 28.2 Å². The normalized spacial score (nSPS) is 9.94. The van der Waals surface area contributed by atoms with Crippen LogP contribution < -0.4 is 10.1 Å². The first-order valence-corrected chi connectivity index (χ1v) is 5.83. The number of carbonyl (C=O) groups is 1. The Bertz CT molecular complexity index is 371. The zero-order valence-electron chi connectivity index (χ0n) is 8.30. The van der Waals surface area contributed by atoms with Crippen molar-refractivity contribution in [1.29, 1.82) is 0 Å². The van der Waals surface area contributed by atoms with Crippen molar-refractivity contribution in [3.63, 3.8) is 0 Å². The number of benzene rings is 1. The maximum atomic E-state index is 11.2. The van der Waals surface area contributed by atoms with Gasteiger partial charge in [0.05, 0.1) is 5.02 Å². The van der Waals surface area contributed by atoms with Crippen LogP contribution in [-0.4, -0.2) is 24.9 Å². The highest BCUT2D eigenvalue weighted by atomic mass is 35.5. The summed E-state index contributed by atoms with van der Waals surface area (Å²) >= 11 is 17.0. The average molecular weight is 283 g/mol. The SMILES string of the molecule is O=C(COc1ccc(Cl)cc1Cl)NCCCl. The largest absolute Gasteiger partial charge is 0.482 e. The molecule has 1 aromatic rings. The van der Waals surface area contributed by atoms with Crippen LogP contribution in [0, 0.1) is 0 Å². The van der Waals surface area contributed by atoms with Crippen molar-refractivity contribution < 1.29 is 9.53 Å². The topological polar surface area (TPSA) is 38.3 Å². The molecule has 0 heterocycles. The molecule has 0 radical (unpaired) electrons. The van der Waals surface area contributed by atoms with E-state index >= 15 is 0 Å². The first-order valence-electron chi connectivity index (χ1n) is 4.54. The van der Waals surface area contributed by atoms with Crippen LogP contribution in [0.5, 0.6) is 5.75 Å². The summed E-state index contributed by atoms with van der Waals surface area (Å²) in [5.41, 5.74) is 0. The lowest BCUT2D eigenvalue weighted by Crippen LogP contribution is -2.30. The molecule has 6 heteroatoms. The maximum absolute atomic E-state index is 11.2. The summed E-state index contributed by atoms with van der Waals surface area (Å²) in [7, 11) is 0. The summed E-state index contributed by atoms with van der Waals surface area (Å²) in [6, 6.07) is 4.80. The Balaban J connectivity index is 2.45. The molecule has 0 aromatic heterocycles. The molecule has 0 aliphatic carbocycles. The van der Waals surface area contributed by atoms with E-state index in [1.807, 2.05) is 0 Å². The van der Waals surface area contributed by atoms with Crippen molar-refractivity contribution in [2.24, 2.45) is 0 Å². The van der Waals surface area contributed by atoms with Gasteiger partial charge in [-0.05, 0) is 18.2 Å². The van der Waals surface area contributed by atoms with Gasteiger partial charge in [0.15, 0.2) is 6.61 Å². The molecule has 3 nitrogen and oxygen atoms in total. The van der Waals surface area contributed by atoms with Crippen LogP contribution in [0.1, 0.15) is 0 Å². The van der Waals surface area contributed by atoms with E-state index in [4.69, 9.17) is 39.5 Å². The third-order valence-corrected chi connectivity index (χ3v) is 2.39. The lowest BCUT2D eigenvalue weighted by atomic mass is 10.3. The molecule has 0 saturated carbocycles. The van der Waals surface area contributed by atoms with Gasteiger partial charge in [0, 0.05) is 17.4 Å². The number of amides is 1. The molecule has 0 unspecified atom stereocenters. The Morgan fingerprint density at radius 2 is 2.12 bits per heavy atom. The summed E-state index contributed by atoms with van der Waals surface area (Å²) in [4.78, 5) is 11.2. The minimum Gasteiger partial charge on any atom is -0.482 e. The van der Waals surface area contributed by atoms with Crippen LogP contribution >= 0.6 is 34.8 Å². The van der Waals surface area contributed by atoms with Crippen molar-refractivity contribution in [3.05, 3.63) is 28.2 Å². The molecule has 0 aliphatic heterocycles. The average Bonchev–Trinajstić information content (AvgIpc) is 2.25. The number of rotatable bonds is 5. The molecule has 0 aliphatic rings. The fraction of sp³-hybridized carbons (Fsp3) is 0.300. The number of hydrogen-bond acceptors (Lipinski definition) is 2. The van der Waals surface area contributed by atoms with Gasteiger partial charge in [-0.15, -0.1) is 11.6 Å². The van der Waals surface area contributed by atoms with Gasteiger partial charge in [-0.25, -0.2) is 0 Å². The molecule has 1 N–H and O–H groups in total. The van der Waals surface area contributed by atoms with Crippen molar-refractivity contribution in [1.82, 2.24) is 5.32 Å². The highest BCUT2D eigenvalue weighted by Gasteiger charge is 2.05. The number of alkyl halides is 1. The zero-order chi connectivity index (χ0) is 12.0. The van der Waals surface area contributed by atoms with Crippen LogP contribution in [0.25, 0.3) is 0 Å². The van der Waals surface area contributed by atoms with Crippen molar-refractivity contribution in [2.75, 3.05) is 19.0 Å². The van der Waals surface area contributed by atoms with Crippen LogP contribution in [0.3, 0.4) is 0 Å². The van der Waals surface area contributed by atoms with Gasteiger partial charge in [0.25, 0.3) is 5.91 Å². The smallest absolute Gasteiger partial charge is 0.257 e. The third-order valence-electron chi connectivity index (χ3n) is 1.67. The van der Waals surface area contributed by atoms with Crippen LogP contribution in [0.15, 0.2) is 18.2 Å². The molecular weight excluding hydrogens is 272 g/mol. The van der Waals surface area contributed by atoms with Crippen LogP contribution in [-0.2, 0) is 4.79 Å². The van der Waals surface area contributed by atoms with E-state index in [2.05, 4.69) is 5.32 Å². The number of hydrogen-bond donors (Lipinski definition) is 1. The number of ether oxygens (including phenoxy) is 1. The lowest BCUT2D eigenvalue weighted by molar-refractivity contribution is -0.122. The molecule has 1 rings (SSSR count). The van der Waals surface area contributed by atoms with Crippen LogP contribution in [0.4, 0.5) is 0 Å². The van der Waals surface area contributed by atoms with Crippen molar-refractivity contribution in [2.45, 2.75) is 0 Å². The molecule has 0 saturated heterocycles. The van der Waals surface area contributed by atoms with E-state index in [-0.39, 0.29) is 12.5 Å². The molecular formula is C10H10Cl3NO2. The van der Waals surface area contributed by atoms with Gasteiger partial charge < -0.3 is 10.1 Å². The lowest BCUT2D eigenvalue weighted by Gasteiger charge is -2.08. The van der Waals surface area contributed by atoms with Gasteiger partial charge in [0.1, 0.15) is 5.75 Å². The number of halogens is 3. The number of carbonyl (C=O) groups excluding carboxylic acids is 1. The van der Waals surface area contributed by atoms with Crippen LogP contribution in [0.2, 0.25) is 10.0 Å². The third kappa shape index (κ3) is 4.47. The summed E-state index contributed by atoms with van der Waals surface area (Å²) in [5, 5.41) is 3.46. The molecule has 1 amide bonds. The first kappa shape index (κ1) is 13.4. The van der Waals surface area contributed by atoms with E-state index in [0.717, 1.165) is 0 Å². The summed E-state index contributed by atoms with van der Waals surface area (Å²) in [6.45, 7) is 0.316. The van der Waals surface area contributed by atoms with Crippen molar-refractivity contribution >= 4 is 40.7 Å². The second-order valence-corrected chi connectivity index (χ2v) is 4.12. The van der Waals surface area contributed by atoms with Gasteiger partial charge in [0.2, 0.25) is 0 Å². The molecule has 16 heavy (non-hydrogen) atoms. The minimum atomic E-state index is -0.244. The Kier molecular flexibility index (Phi) is 5.74. The summed E-state index contributed by atoms with van der Waals surface area (Å²) < 4.78 is 5.20. The number of nitrogens with one attached hydrogen (secondary N) is 1. The standard InChI is InChI=1S/C10H10Cl3NO2/c11-3-4-14-10(15)6-16-9-2-1-7(12)5-8(9)13/h1-2,5H,3-4,6H2,(H,14,15). The minimum absolute atomic E-state index is 0.0990. The monoisotopic (exact) mass is 281 g/mol. The molecule has 1 aromatic carbocycles. The zero-order valence-corrected chi connectivity index (χ0v) is 10.6. The Labute approximate surface area is 109 Å². The fourth-order valence-corrected chi connectivity index (χ4v) is 1.53. The molecule has 0 bridgehead atoms. The fourth-order valence-electron chi connectivity index (χ4n) is 0.973. The quantitative estimate of drug-likeness (QED) is 0.843. The maximum Gasteiger partial charge on any atom is 0.257 e. The summed E-state index contributed by atoms with van der Waals surface area (Å²) in [5.74, 6) is 0.548. The molecule has 88 valence electrons. The van der Waals surface area contributed by atoms with Crippen molar-refractivity contribution in [3.8, 4) is 5.75 Å². The Morgan fingerprint density at radius 1 is 1.38 bits per heavy atom. The molecule has 0 spiro atoms. The van der Waals surface area contributed by atoms with E-state index in [1.54, 1.807) is 18.2 Å². The second-order valence-electron chi connectivity index (χ2n) is 2.90. The van der Waals surface area contributed by atoms with Gasteiger partial charge >= 0.3 is 0 Å². The summed E-state index contributed by atoms with van der Waals surface area (Å²) in [6.07, 6.45) is 0. The highest BCUT2D eigenvalue weighted by molar-refractivity contribution is 6.35.